The van der Waals surface area contributed by atoms with Crippen LogP contribution in [0.5, 0.6) is 0 Å². The third-order valence-electron chi connectivity index (χ3n) is 3.90. The van der Waals surface area contributed by atoms with Gasteiger partial charge in [-0.05, 0) is 53.8 Å². The van der Waals surface area contributed by atoms with Crippen LogP contribution in [0.4, 0.5) is 0 Å². The second-order valence-electron chi connectivity index (χ2n) is 6.29. The van der Waals surface area contributed by atoms with E-state index in [9.17, 15) is 0 Å². The Morgan fingerprint density at radius 1 is 1.40 bits per heavy atom. The van der Waals surface area contributed by atoms with E-state index in [1.54, 1.807) is 0 Å². The lowest BCUT2D eigenvalue weighted by atomic mass is 10.2. The molecule has 1 unspecified atom stereocenters. The summed E-state index contributed by atoms with van der Waals surface area (Å²) in [6, 6.07) is 1.35. The summed E-state index contributed by atoms with van der Waals surface area (Å²) in [6.07, 6.45) is 4.86. The summed E-state index contributed by atoms with van der Waals surface area (Å²) in [4.78, 5) is 7.18. The molecule has 0 aliphatic heterocycles. The highest BCUT2D eigenvalue weighted by molar-refractivity contribution is 7.99. The molecule has 1 fully saturated rings. The molecule has 4 nitrogen and oxygen atoms in total. The van der Waals surface area contributed by atoms with E-state index in [1.807, 2.05) is 11.8 Å². The SMILES string of the molecule is CCNC(=NCC(C)(C)SC)NCC(C)N(C)C1CC1. The topological polar surface area (TPSA) is 39.7 Å². The van der Waals surface area contributed by atoms with Gasteiger partial charge in [0.15, 0.2) is 5.96 Å². The molecule has 0 aromatic rings. The molecular weight excluding hydrogens is 268 g/mol. The van der Waals surface area contributed by atoms with Gasteiger partial charge in [0, 0.05) is 29.9 Å². The van der Waals surface area contributed by atoms with Crippen LogP contribution in [0, 0.1) is 0 Å². The summed E-state index contributed by atoms with van der Waals surface area (Å²) in [5.74, 6) is 0.936. The predicted molar refractivity (Wildman–Crippen MR) is 91.8 cm³/mol. The number of thioether (sulfide) groups is 1. The zero-order valence-electron chi connectivity index (χ0n) is 14.0. The molecule has 0 aromatic heterocycles. The highest BCUT2D eigenvalue weighted by atomic mass is 32.2. The first-order valence-corrected chi connectivity index (χ1v) is 8.91. The number of hydrogen-bond donors (Lipinski definition) is 2. The number of nitrogens with one attached hydrogen (secondary N) is 2. The Bertz CT molecular complexity index is 313. The lowest BCUT2D eigenvalue weighted by Crippen LogP contribution is -2.45. The zero-order valence-corrected chi connectivity index (χ0v) is 14.8. The lowest BCUT2D eigenvalue weighted by molar-refractivity contribution is 0.247. The second kappa shape index (κ2) is 8.13. The van der Waals surface area contributed by atoms with Gasteiger partial charge in [-0.2, -0.15) is 11.8 Å². The first kappa shape index (κ1) is 17.6. The number of likely N-dealkylation sites (N-methyl/N-ethyl adjacent to an activating group) is 1. The van der Waals surface area contributed by atoms with Gasteiger partial charge < -0.3 is 10.6 Å². The summed E-state index contributed by atoms with van der Waals surface area (Å²) in [5.41, 5.74) is 0. The molecule has 1 rings (SSSR count). The van der Waals surface area contributed by atoms with Gasteiger partial charge in [-0.25, -0.2) is 0 Å². The van der Waals surface area contributed by atoms with Crippen LogP contribution >= 0.6 is 11.8 Å². The molecule has 1 saturated carbocycles. The van der Waals surface area contributed by atoms with Crippen molar-refractivity contribution in [2.45, 2.75) is 57.4 Å². The molecule has 1 aliphatic carbocycles. The van der Waals surface area contributed by atoms with Gasteiger partial charge in [0.25, 0.3) is 0 Å². The number of guanidine groups is 1. The molecule has 0 aromatic carbocycles. The molecule has 0 saturated heterocycles. The third kappa shape index (κ3) is 6.35. The third-order valence-corrected chi connectivity index (χ3v) is 5.13. The molecule has 0 amide bonds. The summed E-state index contributed by atoms with van der Waals surface area (Å²) < 4.78 is 0.193. The van der Waals surface area contributed by atoms with Crippen LogP contribution in [0.25, 0.3) is 0 Å². The van der Waals surface area contributed by atoms with Gasteiger partial charge in [-0.15, -0.1) is 0 Å². The Hall–Kier alpha value is -0.420. The van der Waals surface area contributed by atoms with Gasteiger partial charge in [0.05, 0.1) is 6.54 Å². The zero-order chi connectivity index (χ0) is 15.2. The van der Waals surface area contributed by atoms with Crippen molar-refractivity contribution in [2.24, 2.45) is 4.99 Å². The van der Waals surface area contributed by atoms with E-state index >= 15 is 0 Å². The fourth-order valence-electron chi connectivity index (χ4n) is 1.91. The summed E-state index contributed by atoms with van der Waals surface area (Å²) in [5, 5.41) is 6.80. The van der Waals surface area contributed by atoms with Crippen molar-refractivity contribution >= 4 is 17.7 Å². The maximum atomic E-state index is 4.70. The fraction of sp³-hybridized carbons (Fsp3) is 0.933. The van der Waals surface area contributed by atoms with Crippen LogP contribution in [0.1, 0.15) is 40.5 Å². The van der Waals surface area contributed by atoms with E-state index in [1.165, 1.54) is 12.8 Å². The van der Waals surface area contributed by atoms with E-state index < -0.39 is 0 Å². The molecule has 0 spiro atoms. The van der Waals surface area contributed by atoms with Crippen molar-refractivity contribution in [3.05, 3.63) is 0 Å². The van der Waals surface area contributed by atoms with Gasteiger partial charge in [0.1, 0.15) is 0 Å². The number of rotatable bonds is 8. The summed E-state index contributed by atoms with van der Waals surface area (Å²) in [7, 11) is 2.23. The Labute approximate surface area is 129 Å². The van der Waals surface area contributed by atoms with Crippen LogP contribution < -0.4 is 10.6 Å². The van der Waals surface area contributed by atoms with Crippen molar-refractivity contribution in [3.63, 3.8) is 0 Å². The molecule has 118 valence electrons. The van der Waals surface area contributed by atoms with Gasteiger partial charge >= 0.3 is 0 Å². The maximum absolute atomic E-state index is 4.70. The minimum atomic E-state index is 0.193. The molecule has 1 atom stereocenters. The molecule has 0 heterocycles. The van der Waals surface area contributed by atoms with E-state index in [0.717, 1.165) is 31.6 Å². The van der Waals surface area contributed by atoms with Crippen LogP contribution in [-0.2, 0) is 0 Å². The van der Waals surface area contributed by atoms with Gasteiger partial charge in [-0.3, -0.25) is 9.89 Å². The van der Waals surface area contributed by atoms with Crippen LogP contribution in [-0.4, -0.2) is 60.6 Å². The molecule has 0 radical (unpaired) electrons. The van der Waals surface area contributed by atoms with Crippen LogP contribution in [0.15, 0.2) is 4.99 Å². The Balaban J connectivity index is 2.43. The number of nitrogens with zero attached hydrogens (tertiary/aromatic N) is 2. The maximum Gasteiger partial charge on any atom is 0.191 e. The molecular formula is C15H32N4S. The lowest BCUT2D eigenvalue weighted by Gasteiger charge is -2.26. The highest BCUT2D eigenvalue weighted by Gasteiger charge is 2.29. The van der Waals surface area contributed by atoms with Crippen molar-refractivity contribution in [1.29, 1.82) is 0 Å². The van der Waals surface area contributed by atoms with E-state index in [4.69, 9.17) is 4.99 Å². The van der Waals surface area contributed by atoms with E-state index in [-0.39, 0.29) is 4.75 Å². The average molecular weight is 301 g/mol. The molecule has 0 bridgehead atoms. The van der Waals surface area contributed by atoms with Crippen molar-refractivity contribution in [1.82, 2.24) is 15.5 Å². The highest BCUT2D eigenvalue weighted by Crippen LogP contribution is 2.26. The second-order valence-corrected chi connectivity index (χ2v) is 7.80. The Kier molecular flexibility index (Phi) is 7.17. The van der Waals surface area contributed by atoms with Gasteiger partial charge in [-0.1, -0.05) is 0 Å². The standard InChI is InChI=1S/C15H32N4S/c1-7-16-14(18-11-15(3,4)20-6)17-10-12(2)19(5)13-8-9-13/h12-13H,7-11H2,1-6H3,(H2,16,17,18). The first-order chi connectivity index (χ1) is 9.39. The number of aliphatic imine (C=N–C) groups is 1. The average Bonchev–Trinajstić information content (AvgIpc) is 3.25. The number of hydrogen-bond acceptors (Lipinski definition) is 3. The smallest absolute Gasteiger partial charge is 0.191 e. The van der Waals surface area contributed by atoms with Crippen molar-refractivity contribution in [2.75, 3.05) is 32.9 Å². The Morgan fingerprint density at radius 2 is 2.05 bits per heavy atom. The Morgan fingerprint density at radius 3 is 2.55 bits per heavy atom. The normalized spacial score (nSPS) is 18.2. The quantitative estimate of drug-likeness (QED) is 0.532. The van der Waals surface area contributed by atoms with E-state index in [2.05, 4.69) is 56.5 Å². The van der Waals surface area contributed by atoms with Crippen molar-refractivity contribution < 1.29 is 0 Å². The van der Waals surface area contributed by atoms with Crippen LogP contribution in [0.3, 0.4) is 0 Å². The summed E-state index contributed by atoms with van der Waals surface area (Å²) >= 11 is 1.86. The molecule has 2 N–H and O–H groups in total. The predicted octanol–water partition coefficient (Wildman–Crippen LogP) is 2.17. The molecule has 5 heteroatoms. The molecule has 20 heavy (non-hydrogen) atoms. The largest absolute Gasteiger partial charge is 0.357 e. The molecule has 1 aliphatic rings. The van der Waals surface area contributed by atoms with Crippen molar-refractivity contribution in [3.8, 4) is 0 Å². The minimum absolute atomic E-state index is 0.193. The van der Waals surface area contributed by atoms with Gasteiger partial charge in [0.2, 0.25) is 0 Å². The monoisotopic (exact) mass is 300 g/mol. The van der Waals surface area contributed by atoms with E-state index in [0.29, 0.717) is 6.04 Å². The first-order valence-electron chi connectivity index (χ1n) is 7.69. The van der Waals surface area contributed by atoms with Crippen LogP contribution in [0.2, 0.25) is 0 Å². The summed E-state index contributed by atoms with van der Waals surface area (Å²) in [6.45, 7) is 11.5. The fourth-order valence-corrected chi connectivity index (χ4v) is 2.10. The minimum Gasteiger partial charge on any atom is -0.357 e.